The Kier molecular flexibility index (Phi) is 2.41. The summed E-state index contributed by atoms with van der Waals surface area (Å²) >= 11 is 0. The summed E-state index contributed by atoms with van der Waals surface area (Å²) in [5.74, 6) is -0.679. The number of hydrogen-bond donors (Lipinski definition) is 1. The molecule has 0 unspecified atom stereocenters. The Bertz CT molecular complexity index is 164. The van der Waals surface area contributed by atoms with Gasteiger partial charge < -0.3 is 15.2 Å². The van der Waals surface area contributed by atoms with E-state index in [2.05, 4.69) is 4.74 Å². The molecule has 1 rings (SSSR count). The van der Waals surface area contributed by atoms with E-state index < -0.39 is 24.3 Å². The average Bonchev–Trinajstić information content (AvgIpc) is 2.02. The Balaban J connectivity index is 2.38. The second-order valence-corrected chi connectivity index (χ2v) is 2.30. The van der Waals surface area contributed by atoms with Crippen molar-refractivity contribution in [2.24, 2.45) is 5.73 Å². The molecule has 0 amide bonds. The molecule has 1 aliphatic rings. The van der Waals surface area contributed by atoms with Crippen LogP contribution < -0.4 is 5.73 Å². The fraction of sp³-hybridized carbons (Fsp3) is 0.833. The first kappa shape index (κ1) is 8.42. The monoisotopic (exact) mass is 163 g/mol. The predicted octanol–water partition coefficient (Wildman–Crippen LogP) is -0.776. The molecule has 0 radical (unpaired) electrons. The van der Waals surface area contributed by atoms with Crippen LogP contribution in [0.25, 0.3) is 0 Å². The van der Waals surface area contributed by atoms with Crippen LogP contribution in [0.15, 0.2) is 0 Å². The minimum absolute atomic E-state index is 0.0919. The number of carbonyl (C=O) groups is 1. The molecule has 5 heteroatoms. The van der Waals surface area contributed by atoms with Gasteiger partial charge in [0.25, 0.3) is 0 Å². The highest BCUT2D eigenvalue weighted by atomic mass is 19.1. The van der Waals surface area contributed by atoms with E-state index in [1.165, 1.54) is 7.11 Å². The van der Waals surface area contributed by atoms with Gasteiger partial charge in [0.1, 0.15) is 6.10 Å². The molecule has 1 heterocycles. The smallest absolute Gasteiger partial charge is 0.338 e. The number of ether oxygens (including phenoxy) is 2. The minimum Gasteiger partial charge on any atom is -0.467 e. The molecule has 0 spiro atoms. The van der Waals surface area contributed by atoms with Crippen LogP contribution >= 0.6 is 0 Å². The Labute approximate surface area is 63.5 Å². The summed E-state index contributed by atoms with van der Waals surface area (Å²) in [4.78, 5) is 10.6. The van der Waals surface area contributed by atoms with Gasteiger partial charge in [0.15, 0.2) is 12.3 Å². The molecule has 64 valence electrons. The van der Waals surface area contributed by atoms with Crippen molar-refractivity contribution < 1.29 is 18.7 Å². The molecular formula is C6H10FNO3. The van der Waals surface area contributed by atoms with Crippen LogP contribution in [0, 0.1) is 0 Å². The highest BCUT2D eigenvalue weighted by Gasteiger charge is 2.47. The highest BCUT2D eigenvalue weighted by molar-refractivity contribution is 5.76. The van der Waals surface area contributed by atoms with Crippen LogP contribution in [0.4, 0.5) is 4.39 Å². The summed E-state index contributed by atoms with van der Waals surface area (Å²) < 4.78 is 21.8. The molecular weight excluding hydrogens is 153 g/mol. The van der Waals surface area contributed by atoms with Crippen molar-refractivity contribution in [2.75, 3.05) is 13.7 Å². The van der Waals surface area contributed by atoms with Crippen molar-refractivity contribution in [3.8, 4) is 0 Å². The SMILES string of the molecule is COC(=O)[C@@H]1O[C@H](CN)[C@@H]1F. The number of halogens is 1. The molecule has 3 atom stereocenters. The van der Waals surface area contributed by atoms with Gasteiger partial charge in [0.2, 0.25) is 0 Å². The number of carbonyl (C=O) groups excluding carboxylic acids is 1. The molecule has 0 aliphatic carbocycles. The Morgan fingerprint density at radius 3 is 2.82 bits per heavy atom. The Morgan fingerprint density at radius 1 is 1.82 bits per heavy atom. The molecule has 11 heavy (non-hydrogen) atoms. The van der Waals surface area contributed by atoms with Gasteiger partial charge in [0.05, 0.1) is 7.11 Å². The van der Waals surface area contributed by atoms with Crippen LogP contribution in [0.5, 0.6) is 0 Å². The zero-order chi connectivity index (χ0) is 8.43. The summed E-state index contributed by atoms with van der Waals surface area (Å²) in [6.07, 6.45) is -3.01. The van der Waals surface area contributed by atoms with E-state index in [4.69, 9.17) is 10.5 Å². The largest absolute Gasteiger partial charge is 0.467 e. The van der Waals surface area contributed by atoms with Crippen molar-refractivity contribution in [1.82, 2.24) is 0 Å². The lowest BCUT2D eigenvalue weighted by Gasteiger charge is -2.36. The van der Waals surface area contributed by atoms with E-state index >= 15 is 0 Å². The quantitative estimate of drug-likeness (QED) is 0.543. The fourth-order valence-corrected chi connectivity index (χ4v) is 0.931. The van der Waals surface area contributed by atoms with Gasteiger partial charge in [0, 0.05) is 6.54 Å². The number of alkyl halides is 1. The molecule has 1 saturated heterocycles. The first-order chi connectivity index (χ1) is 5.20. The van der Waals surface area contributed by atoms with Crippen LogP contribution in [-0.2, 0) is 14.3 Å². The van der Waals surface area contributed by atoms with Crippen LogP contribution in [0.3, 0.4) is 0 Å². The lowest BCUT2D eigenvalue weighted by Crippen LogP contribution is -2.58. The normalized spacial score (nSPS) is 36.1. The molecule has 0 aromatic rings. The van der Waals surface area contributed by atoms with E-state index in [-0.39, 0.29) is 6.54 Å². The molecule has 1 fully saturated rings. The van der Waals surface area contributed by atoms with E-state index in [9.17, 15) is 9.18 Å². The second-order valence-electron chi connectivity index (χ2n) is 2.30. The summed E-state index contributed by atoms with van der Waals surface area (Å²) in [7, 11) is 1.19. The van der Waals surface area contributed by atoms with E-state index in [1.807, 2.05) is 0 Å². The van der Waals surface area contributed by atoms with Gasteiger partial charge in [-0.1, -0.05) is 0 Å². The lowest BCUT2D eigenvalue weighted by atomic mass is 10.0. The van der Waals surface area contributed by atoms with E-state index in [1.54, 1.807) is 0 Å². The molecule has 0 saturated carbocycles. The van der Waals surface area contributed by atoms with Gasteiger partial charge >= 0.3 is 5.97 Å². The van der Waals surface area contributed by atoms with Gasteiger partial charge in [-0.05, 0) is 0 Å². The number of nitrogens with two attached hydrogens (primary N) is 1. The van der Waals surface area contributed by atoms with Crippen molar-refractivity contribution in [2.45, 2.75) is 18.4 Å². The fourth-order valence-electron chi connectivity index (χ4n) is 0.931. The van der Waals surface area contributed by atoms with Crippen molar-refractivity contribution >= 4 is 5.97 Å². The van der Waals surface area contributed by atoms with Crippen LogP contribution in [0.2, 0.25) is 0 Å². The molecule has 4 nitrogen and oxygen atoms in total. The maximum absolute atomic E-state index is 12.8. The van der Waals surface area contributed by atoms with Crippen LogP contribution in [-0.4, -0.2) is 38.0 Å². The van der Waals surface area contributed by atoms with Crippen molar-refractivity contribution in [1.29, 1.82) is 0 Å². The zero-order valence-electron chi connectivity index (χ0n) is 6.12. The summed E-state index contributed by atoms with van der Waals surface area (Å²) in [5, 5.41) is 0. The summed E-state index contributed by atoms with van der Waals surface area (Å²) in [6.45, 7) is 0.0919. The first-order valence-corrected chi connectivity index (χ1v) is 3.28. The van der Waals surface area contributed by atoms with Crippen molar-refractivity contribution in [3.63, 3.8) is 0 Å². The molecule has 2 N–H and O–H groups in total. The Hall–Kier alpha value is -0.680. The number of rotatable bonds is 2. The standard InChI is InChI=1S/C6H10FNO3/c1-10-6(9)5-4(7)3(2-8)11-5/h3-5H,2,8H2,1H3/t3-,4+,5-/m1/s1. The highest BCUT2D eigenvalue weighted by Crippen LogP contribution is 2.24. The average molecular weight is 163 g/mol. The van der Waals surface area contributed by atoms with Gasteiger partial charge in [-0.15, -0.1) is 0 Å². The maximum Gasteiger partial charge on any atom is 0.338 e. The third-order valence-corrected chi connectivity index (χ3v) is 1.63. The van der Waals surface area contributed by atoms with Crippen LogP contribution in [0.1, 0.15) is 0 Å². The molecule has 0 aromatic carbocycles. The Morgan fingerprint density at radius 2 is 2.45 bits per heavy atom. The maximum atomic E-state index is 12.8. The third kappa shape index (κ3) is 1.34. The van der Waals surface area contributed by atoms with Gasteiger partial charge in [-0.3, -0.25) is 0 Å². The third-order valence-electron chi connectivity index (χ3n) is 1.63. The molecule has 0 bridgehead atoms. The van der Waals surface area contributed by atoms with Gasteiger partial charge in [-0.25, -0.2) is 9.18 Å². The first-order valence-electron chi connectivity index (χ1n) is 3.28. The molecule has 0 aromatic heterocycles. The predicted molar refractivity (Wildman–Crippen MR) is 34.6 cm³/mol. The number of hydrogen-bond acceptors (Lipinski definition) is 4. The number of methoxy groups -OCH3 is 1. The summed E-state index contributed by atoms with van der Waals surface area (Å²) in [6, 6.07) is 0. The van der Waals surface area contributed by atoms with E-state index in [0.29, 0.717) is 0 Å². The second kappa shape index (κ2) is 3.15. The lowest BCUT2D eigenvalue weighted by molar-refractivity contribution is -0.209. The number of esters is 1. The minimum atomic E-state index is -1.31. The van der Waals surface area contributed by atoms with E-state index in [0.717, 1.165) is 0 Å². The topological polar surface area (TPSA) is 61.5 Å². The van der Waals surface area contributed by atoms with Crippen molar-refractivity contribution in [3.05, 3.63) is 0 Å². The zero-order valence-corrected chi connectivity index (χ0v) is 6.12. The summed E-state index contributed by atoms with van der Waals surface area (Å²) in [5.41, 5.74) is 5.11. The van der Waals surface area contributed by atoms with Gasteiger partial charge in [-0.2, -0.15) is 0 Å². The molecule has 1 aliphatic heterocycles.